The van der Waals surface area contributed by atoms with Crippen molar-refractivity contribution in [3.8, 4) is 0 Å². The molecule has 0 saturated carbocycles. The second-order valence-electron chi connectivity index (χ2n) is 3.67. The van der Waals surface area contributed by atoms with Crippen molar-refractivity contribution in [2.75, 3.05) is 26.2 Å². The van der Waals surface area contributed by atoms with Gasteiger partial charge in [0.25, 0.3) is 0 Å². The molecule has 2 nitrogen and oxygen atoms in total. The monoisotopic (exact) mass is 202 g/mol. The summed E-state index contributed by atoms with van der Waals surface area (Å²) < 4.78 is 0. The molecule has 0 spiro atoms. The molecule has 0 aromatic carbocycles. The normalized spacial score (nSPS) is 24.3. The van der Waals surface area contributed by atoms with Gasteiger partial charge < -0.3 is 5.32 Å². The quantitative estimate of drug-likeness (QED) is 0.748. The Balaban J connectivity index is 2.41. The van der Waals surface area contributed by atoms with E-state index in [9.17, 15) is 0 Å². The van der Waals surface area contributed by atoms with Gasteiger partial charge in [0.1, 0.15) is 0 Å². The van der Waals surface area contributed by atoms with E-state index in [1.165, 1.54) is 12.0 Å². The summed E-state index contributed by atoms with van der Waals surface area (Å²) in [6, 6.07) is 0.705. The number of nitrogens with one attached hydrogen (secondary N) is 1. The van der Waals surface area contributed by atoms with Crippen molar-refractivity contribution >= 4 is 11.6 Å². The summed E-state index contributed by atoms with van der Waals surface area (Å²) in [5.74, 6) is 0. The molecule has 0 radical (unpaired) electrons. The van der Waals surface area contributed by atoms with Crippen molar-refractivity contribution in [1.29, 1.82) is 0 Å². The number of hydrogen-bond donors (Lipinski definition) is 1. The van der Waals surface area contributed by atoms with Crippen LogP contribution in [0, 0.1) is 0 Å². The van der Waals surface area contributed by atoms with Crippen molar-refractivity contribution in [2.24, 2.45) is 0 Å². The number of halogens is 1. The lowest BCUT2D eigenvalue weighted by Gasteiger charge is -2.26. The van der Waals surface area contributed by atoms with Gasteiger partial charge >= 0.3 is 0 Å². The molecule has 1 atom stereocenters. The van der Waals surface area contributed by atoms with E-state index in [4.69, 9.17) is 11.6 Å². The standard InChI is InChI=1S/C10H19ClN2/c1-3-13(8-9(2)6-11)10-4-5-12-7-10/h6,10,12H,3-5,7-8H2,1-2H3. The molecule has 1 aliphatic rings. The Hall–Kier alpha value is -0.0500. The van der Waals surface area contributed by atoms with Gasteiger partial charge in [0.2, 0.25) is 0 Å². The molecule has 1 unspecified atom stereocenters. The molecule has 0 aromatic rings. The van der Waals surface area contributed by atoms with Crippen LogP contribution in [0.1, 0.15) is 20.3 Å². The van der Waals surface area contributed by atoms with E-state index in [1.54, 1.807) is 5.54 Å². The van der Waals surface area contributed by atoms with Crippen LogP contribution in [0.15, 0.2) is 11.1 Å². The largest absolute Gasteiger partial charge is 0.315 e. The second kappa shape index (κ2) is 5.63. The van der Waals surface area contributed by atoms with Gasteiger partial charge in [0, 0.05) is 24.7 Å². The lowest BCUT2D eigenvalue weighted by molar-refractivity contribution is 0.238. The van der Waals surface area contributed by atoms with Crippen LogP contribution in [0.25, 0.3) is 0 Å². The molecule has 1 heterocycles. The predicted octanol–water partition coefficient (Wildman–Crippen LogP) is 1.81. The van der Waals surface area contributed by atoms with E-state index in [-0.39, 0.29) is 0 Å². The zero-order valence-electron chi connectivity index (χ0n) is 8.52. The number of rotatable bonds is 4. The first-order valence-corrected chi connectivity index (χ1v) is 5.42. The van der Waals surface area contributed by atoms with Crippen LogP contribution in [-0.2, 0) is 0 Å². The Bertz CT molecular complexity index is 174. The fourth-order valence-electron chi connectivity index (χ4n) is 1.81. The Labute approximate surface area is 85.9 Å². The first kappa shape index (κ1) is 11.0. The van der Waals surface area contributed by atoms with E-state index in [0.29, 0.717) is 6.04 Å². The van der Waals surface area contributed by atoms with Gasteiger partial charge in [-0.25, -0.2) is 0 Å². The molecule has 0 amide bonds. The maximum atomic E-state index is 5.66. The molecule has 1 fully saturated rings. The van der Waals surface area contributed by atoms with Crippen molar-refractivity contribution < 1.29 is 0 Å². The summed E-state index contributed by atoms with van der Waals surface area (Å²) >= 11 is 5.66. The predicted molar refractivity (Wildman–Crippen MR) is 58.1 cm³/mol. The van der Waals surface area contributed by atoms with E-state index in [2.05, 4.69) is 24.1 Å². The summed E-state index contributed by atoms with van der Waals surface area (Å²) in [5, 5.41) is 3.38. The summed E-state index contributed by atoms with van der Waals surface area (Å²) in [6.07, 6.45) is 1.27. The second-order valence-corrected chi connectivity index (χ2v) is 3.88. The lowest BCUT2D eigenvalue weighted by Crippen LogP contribution is -2.37. The molecular formula is C10H19ClN2. The highest BCUT2D eigenvalue weighted by atomic mass is 35.5. The fraction of sp³-hybridized carbons (Fsp3) is 0.800. The molecule has 0 aliphatic carbocycles. The molecule has 1 aliphatic heterocycles. The van der Waals surface area contributed by atoms with Gasteiger partial charge in [-0.3, -0.25) is 4.90 Å². The maximum absolute atomic E-state index is 5.66. The van der Waals surface area contributed by atoms with Crippen LogP contribution >= 0.6 is 11.6 Å². The van der Waals surface area contributed by atoms with Crippen molar-refractivity contribution in [3.63, 3.8) is 0 Å². The molecule has 0 aromatic heterocycles. The van der Waals surface area contributed by atoms with Crippen LogP contribution in [0.4, 0.5) is 0 Å². The van der Waals surface area contributed by atoms with Crippen molar-refractivity contribution in [2.45, 2.75) is 26.3 Å². The number of likely N-dealkylation sites (N-methyl/N-ethyl adjacent to an activating group) is 1. The van der Waals surface area contributed by atoms with Crippen molar-refractivity contribution in [1.82, 2.24) is 10.2 Å². The van der Waals surface area contributed by atoms with Crippen molar-refractivity contribution in [3.05, 3.63) is 11.1 Å². The summed E-state index contributed by atoms with van der Waals surface area (Å²) in [5.41, 5.74) is 2.93. The summed E-state index contributed by atoms with van der Waals surface area (Å²) in [4.78, 5) is 2.48. The Morgan fingerprint density at radius 2 is 2.46 bits per heavy atom. The van der Waals surface area contributed by atoms with Crippen LogP contribution in [-0.4, -0.2) is 37.1 Å². The SMILES string of the molecule is CCN(CC(C)=CCl)C1CCNC1. The minimum atomic E-state index is 0.705. The molecule has 76 valence electrons. The zero-order chi connectivity index (χ0) is 9.68. The minimum Gasteiger partial charge on any atom is -0.315 e. The molecule has 13 heavy (non-hydrogen) atoms. The first-order valence-electron chi connectivity index (χ1n) is 4.98. The van der Waals surface area contributed by atoms with Gasteiger partial charge in [-0.1, -0.05) is 18.5 Å². The highest BCUT2D eigenvalue weighted by Crippen LogP contribution is 2.10. The van der Waals surface area contributed by atoms with Gasteiger partial charge in [-0.05, 0) is 32.0 Å². The molecule has 1 saturated heterocycles. The Morgan fingerprint density at radius 3 is 2.92 bits per heavy atom. The van der Waals surface area contributed by atoms with Gasteiger partial charge in [-0.15, -0.1) is 0 Å². The van der Waals surface area contributed by atoms with Crippen LogP contribution in [0.3, 0.4) is 0 Å². The molecule has 1 N–H and O–H groups in total. The zero-order valence-corrected chi connectivity index (χ0v) is 9.27. The van der Waals surface area contributed by atoms with Gasteiger partial charge in [0.05, 0.1) is 0 Å². The topological polar surface area (TPSA) is 15.3 Å². The number of nitrogens with zero attached hydrogens (tertiary/aromatic N) is 1. The van der Waals surface area contributed by atoms with Gasteiger partial charge in [-0.2, -0.15) is 0 Å². The third-order valence-corrected chi connectivity index (χ3v) is 2.97. The van der Waals surface area contributed by atoms with Gasteiger partial charge in [0.15, 0.2) is 0 Å². The Morgan fingerprint density at radius 1 is 1.69 bits per heavy atom. The van der Waals surface area contributed by atoms with Crippen LogP contribution in [0.5, 0.6) is 0 Å². The van der Waals surface area contributed by atoms with E-state index >= 15 is 0 Å². The average Bonchev–Trinajstić information content (AvgIpc) is 2.66. The van der Waals surface area contributed by atoms with Crippen LogP contribution in [0.2, 0.25) is 0 Å². The highest BCUT2D eigenvalue weighted by Gasteiger charge is 2.20. The van der Waals surface area contributed by atoms with E-state index in [1.807, 2.05) is 0 Å². The number of hydrogen-bond acceptors (Lipinski definition) is 2. The summed E-state index contributed by atoms with van der Waals surface area (Å²) in [6.45, 7) is 8.69. The van der Waals surface area contributed by atoms with E-state index < -0.39 is 0 Å². The summed E-state index contributed by atoms with van der Waals surface area (Å²) in [7, 11) is 0. The Kier molecular flexibility index (Phi) is 4.78. The fourth-order valence-corrected chi connectivity index (χ4v) is 1.87. The maximum Gasteiger partial charge on any atom is 0.0236 e. The molecule has 3 heteroatoms. The highest BCUT2D eigenvalue weighted by molar-refractivity contribution is 6.25. The third-order valence-electron chi connectivity index (χ3n) is 2.60. The lowest BCUT2D eigenvalue weighted by atomic mass is 10.2. The molecule has 1 rings (SSSR count). The smallest absolute Gasteiger partial charge is 0.0236 e. The average molecular weight is 203 g/mol. The third kappa shape index (κ3) is 3.29. The molecular weight excluding hydrogens is 184 g/mol. The first-order chi connectivity index (χ1) is 6.27. The van der Waals surface area contributed by atoms with Crippen LogP contribution < -0.4 is 5.32 Å². The minimum absolute atomic E-state index is 0.705. The van der Waals surface area contributed by atoms with E-state index in [0.717, 1.165) is 26.2 Å². The molecule has 0 bridgehead atoms.